The molecule has 0 radical (unpaired) electrons. The second kappa shape index (κ2) is 8.36. The van der Waals surface area contributed by atoms with Crippen molar-refractivity contribution in [3.8, 4) is 0 Å². The predicted octanol–water partition coefficient (Wildman–Crippen LogP) is 4.97. The molecule has 1 saturated carbocycles. The number of aryl methyl sites for hydroxylation is 1. The monoisotopic (exact) mass is 394 g/mol. The smallest absolute Gasteiger partial charge is 0.244 e. The third-order valence-corrected chi connectivity index (χ3v) is 6.10. The van der Waals surface area contributed by atoms with Gasteiger partial charge in [-0.2, -0.15) is 0 Å². The van der Waals surface area contributed by atoms with E-state index in [1.165, 1.54) is 31.4 Å². The van der Waals surface area contributed by atoms with Gasteiger partial charge in [0, 0.05) is 17.7 Å². The van der Waals surface area contributed by atoms with E-state index in [1.807, 2.05) is 25.1 Å². The van der Waals surface area contributed by atoms with Gasteiger partial charge in [0.2, 0.25) is 11.8 Å². The Morgan fingerprint density at radius 1 is 1.10 bits per heavy atom. The third kappa shape index (κ3) is 4.34. The Bertz CT molecular complexity index is 904. The van der Waals surface area contributed by atoms with Gasteiger partial charge in [0.15, 0.2) is 0 Å². The quantitative estimate of drug-likeness (QED) is 0.799. The SMILES string of the molecule is Cc1ccc2c(c1)[C@H](c1ccc(F)cc1)N(C(=O)CC1CCCCC1)CC(=O)N2. The first-order valence-corrected chi connectivity index (χ1v) is 10.5. The summed E-state index contributed by atoms with van der Waals surface area (Å²) in [5, 5.41) is 2.94. The minimum atomic E-state index is -0.416. The number of hydrogen-bond donors (Lipinski definition) is 1. The second-order valence-electron chi connectivity index (χ2n) is 8.32. The van der Waals surface area contributed by atoms with Crippen molar-refractivity contribution < 1.29 is 14.0 Å². The van der Waals surface area contributed by atoms with Crippen molar-refractivity contribution in [3.63, 3.8) is 0 Å². The highest BCUT2D eigenvalue weighted by Crippen LogP contribution is 2.37. The van der Waals surface area contributed by atoms with Gasteiger partial charge < -0.3 is 10.2 Å². The maximum atomic E-state index is 13.6. The van der Waals surface area contributed by atoms with Crippen LogP contribution in [0, 0.1) is 18.7 Å². The molecule has 1 N–H and O–H groups in total. The fraction of sp³-hybridized carbons (Fsp3) is 0.417. The Hall–Kier alpha value is -2.69. The predicted molar refractivity (Wildman–Crippen MR) is 111 cm³/mol. The summed E-state index contributed by atoms with van der Waals surface area (Å²) in [7, 11) is 0. The van der Waals surface area contributed by atoms with E-state index < -0.39 is 6.04 Å². The third-order valence-electron chi connectivity index (χ3n) is 6.10. The summed E-state index contributed by atoms with van der Waals surface area (Å²) in [5.74, 6) is -0.137. The van der Waals surface area contributed by atoms with Crippen LogP contribution in [0.15, 0.2) is 42.5 Å². The van der Waals surface area contributed by atoms with Gasteiger partial charge in [0.1, 0.15) is 12.4 Å². The summed E-state index contributed by atoms with van der Waals surface area (Å²) in [5.41, 5.74) is 3.45. The number of benzene rings is 2. The molecule has 0 aromatic heterocycles. The lowest BCUT2D eigenvalue weighted by Crippen LogP contribution is -2.39. The van der Waals surface area contributed by atoms with Crippen LogP contribution in [0.5, 0.6) is 0 Å². The van der Waals surface area contributed by atoms with Crippen LogP contribution in [0.1, 0.15) is 61.3 Å². The molecule has 1 aliphatic heterocycles. The molecule has 1 heterocycles. The van der Waals surface area contributed by atoms with Crippen LogP contribution in [-0.2, 0) is 9.59 Å². The molecule has 4 rings (SSSR count). The molecule has 0 bridgehead atoms. The molecule has 2 aromatic rings. The molecule has 4 nitrogen and oxygen atoms in total. The number of carbonyl (C=O) groups excluding carboxylic acids is 2. The van der Waals surface area contributed by atoms with E-state index in [-0.39, 0.29) is 24.2 Å². The summed E-state index contributed by atoms with van der Waals surface area (Å²) < 4.78 is 13.6. The van der Waals surface area contributed by atoms with Crippen LogP contribution in [0.25, 0.3) is 0 Å². The highest BCUT2D eigenvalue weighted by atomic mass is 19.1. The van der Waals surface area contributed by atoms with E-state index in [0.29, 0.717) is 18.0 Å². The summed E-state index contributed by atoms with van der Waals surface area (Å²) in [6, 6.07) is 11.7. The molecule has 0 unspecified atom stereocenters. The van der Waals surface area contributed by atoms with Gasteiger partial charge in [-0.1, -0.05) is 49.1 Å². The fourth-order valence-electron chi connectivity index (χ4n) is 4.62. The van der Waals surface area contributed by atoms with Gasteiger partial charge >= 0.3 is 0 Å². The number of hydrogen-bond acceptors (Lipinski definition) is 2. The van der Waals surface area contributed by atoms with Crippen molar-refractivity contribution in [2.75, 3.05) is 11.9 Å². The van der Waals surface area contributed by atoms with Crippen molar-refractivity contribution in [2.24, 2.45) is 5.92 Å². The highest BCUT2D eigenvalue weighted by Gasteiger charge is 2.34. The lowest BCUT2D eigenvalue weighted by atomic mass is 9.86. The van der Waals surface area contributed by atoms with Crippen LogP contribution >= 0.6 is 0 Å². The number of anilines is 1. The first-order valence-electron chi connectivity index (χ1n) is 10.5. The minimum Gasteiger partial charge on any atom is -0.324 e. The van der Waals surface area contributed by atoms with E-state index in [1.54, 1.807) is 17.0 Å². The Labute approximate surface area is 171 Å². The topological polar surface area (TPSA) is 49.4 Å². The van der Waals surface area contributed by atoms with Crippen LogP contribution in [0.2, 0.25) is 0 Å². The van der Waals surface area contributed by atoms with Gasteiger partial charge in [-0.05, 0) is 49.4 Å². The van der Waals surface area contributed by atoms with Crippen LogP contribution in [0.3, 0.4) is 0 Å². The molecular formula is C24H27FN2O2. The van der Waals surface area contributed by atoms with Gasteiger partial charge in [-0.25, -0.2) is 4.39 Å². The van der Waals surface area contributed by atoms with Crippen LogP contribution < -0.4 is 5.32 Å². The van der Waals surface area contributed by atoms with Gasteiger partial charge in [0.25, 0.3) is 0 Å². The summed E-state index contributed by atoms with van der Waals surface area (Å²) in [4.78, 5) is 27.7. The van der Waals surface area contributed by atoms with Crippen LogP contribution in [-0.4, -0.2) is 23.3 Å². The molecule has 2 aromatic carbocycles. The molecule has 0 saturated heterocycles. The van der Waals surface area contributed by atoms with Crippen molar-refractivity contribution in [3.05, 3.63) is 65.0 Å². The Morgan fingerprint density at radius 2 is 1.83 bits per heavy atom. The minimum absolute atomic E-state index is 0.00131. The molecule has 1 atom stereocenters. The maximum Gasteiger partial charge on any atom is 0.244 e. The van der Waals surface area contributed by atoms with Crippen molar-refractivity contribution in [1.82, 2.24) is 4.90 Å². The van der Waals surface area contributed by atoms with Crippen LogP contribution in [0.4, 0.5) is 10.1 Å². The molecule has 152 valence electrons. The Balaban J connectivity index is 1.74. The normalized spacial score (nSPS) is 20.0. The molecular weight excluding hydrogens is 367 g/mol. The zero-order valence-corrected chi connectivity index (χ0v) is 16.8. The number of halogens is 1. The fourth-order valence-corrected chi connectivity index (χ4v) is 4.62. The maximum absolute atomic E-state index is 13.6. The first kappa shape index (κ1) is 19.6. The Morgan fingerprint density at radius 3 is 2.55 bits per heavy atom. The lowest BCUT2D eigenvalue weighted by molar-refractivity contribution is -0.137. The van der Waals surface area contributed by atoms with E-state index in [9.17, 15) is 14.0 Å². The van der Waals surface area contributed by atoms with Gasteiger partial charge in [0.05, 0.1) is 6.04 Å². The zero-order valence-electron chi connectivity index (χ0n) is 16.8. The number of carbonyl (C=O) groups is 2. The average molecular weight is 394 g/mol. The molecule has 1 fully saturated rings. The van der Waals surface area contributed by atoms with Crippen molar-refractivity contribution in [1.29, 1.82) is 0 Å². The summed E-state index contributed by atoms with van der Waals surface area (Å²) in [6.07, 6.45) is 6.18. The van der Waals surface area contributed by atoms with E-state index in [2.05, 4.69) is 5.32 Å². The summed E-state index contributed by atoms with van der Waals surface area (Å²) in [6.45, 7) is 1.99. The summed E-state index contributed by atoms with van der Waals surface area (Å²) >= 11 is 0. The molecule has 5 heteroatoms. The molecule has 2 aliphatic rings. The number of amides is 2. The molecule has 29 heavy (non-hydrogen) atoms. The molecule has 1 aliphatic carbocycles. The van der Waals surface area contributed by atoms with E-state index in [4.69, 9.17) is 0 Å². The Kier molecular flexibility index (Phi) is 5.65. The number of nitrogens with zero attached hydrogens (tertiary/aromatic N) is 1. The molecule has 0 spiro atoms. The largest absolute Gasteiger partial charge is 0.324 e. The second-order valence-corrected chi connectivity index (χ2v) is 8.32. The number of nitrogens with one attached hydrogen (secondary N) is 1. The number of rotatable bonds is 3. The van der Waals surface area contributed by atoms with Crippen molar-refractivity contribution in [2.45, 2.75) is 51.5 Å². The van der Waals surface area contributed by atoms with E-state index >= 15 is 0 Å². The average Bonchev–Trinajstić information content (AvgIpc) is 2.85. The van der Waals surface area contributed by atoms with Gasteiger partial charge in [-0.3, -0.25) is 9.59 Å². The standard InChI is InChI=1S/C24H27FN2O2/c1-16-7-12-21-20(13-16)24(18-8-10-19(25)11-9-18)27(15-22(28)26-21)23(29)14-17-5-3-2-4-6-17/h7-13,17,24H,2-6,14-15H2,1H3,(H,26,28)/t24-/m0/s1. The first-order chi connectivity index (χ1) is 14.0. The van der Waals surface area contributed by atoms with Crippen molar-refractivity contribution >= 4 is 17.5 Å². The number of fused-ring (bicyclic) bond motifs is 1. The zero-order chi connectivity index (χ0) is 20.4. The van der Waals surface area contributed by atoms with E-state index in [0.717, 1.165) is 29.5 Å². The highest BCUT2D eigenvalue weighted by molar-refractivity contribution is 5.97. The lowest BCUT2D eigenvalue weighted by Gasteiger charge is -2.32. The van der Waals surface area contributed by atoms with Gasteiger partial charge in [-0.15, -0.1) is 0 Å². The molecule has 2 amide bonds.